The van der Waals surface area contributed by atoms with Crippen LogP contribution in [0, 0.1) is 0 Å². The quantitative estimate of drug-likeness (QED) is 0.939. The van der Waals surface area contributed by atoms with Crippen LogP contribution in [0.3, 0.4) is 0 Å². The van der Waals surface area contributed by atoms with Crippen molar-refractivity contribution in [2.75, 3.05) is 5.73 Å². The maximum absolute atomic E-state index is 13.0. The van der Waals surface area contributed by atoms with Crippen molar-refractivity contribution in [1.29, 1.82) is 0 Å². The summed E-state index contributed by atoms with van der Waals surface area (Å²) < 4.78 is 39.1. The van der Waals surface area contributed by atoms with Gasteiger partial charge in [0.25, 0.3) is 0 Å². The lowest BCUT2D eigenvalue weighted by Gasteiger charge is -2.14. The van der Waals surface area contributed by atoms with Gasteiger partial charge in [0.15, 0.2) is 0 Å². The van der Waals surface area contributed by atoms with Gasteiger partial charge in [-0.1, -0.05) is 13.3 Å². The summed E-state index contributed by atoms with van der Waals surface area (Å²) in [6, 6.07) is 0.934. The molecule has 0 saturated heterocycles. The van der Waals surface area contributed by atoms with Crippen LogP contribution in [0.4, 0.5) is 19.0 Å². The van der Waals surface area contributed by atoms with Crippen molar-refractivity contribution in [2.45, 2.75) is 25.9 Å². The number of aromatic nitrogens is 3. The van der Waals surface area contributed by atoms with Crippen molar-refractivity contribution in [3.05, 3.63) is 35.9 Å². The molecule has 0 unspecified atom stereocenters. The smallest absolute Gasteiger partial charge is 0.383 e. The Labute approximate surface area is 113 Å². The molecule has 0 saturated carbocycles. The van der Waals surface area contributed by atoms with Gasteiger partial charge >= 0.3 is 6.18 Å². The Hall–Kier alpha value is -2.18. The first-order valence-electron chi connectivity index (χ1n) is 6.06. The summed E-state index contributed by atoms with van der Waals surface area (Å²) in [5.74, 6) is 0.203. The average Bonchev–Trinajstić information content (AvgIpc) is 2.40. The number of halogens is 3. The Bertz CT molecular complexity index is 611. The molecule has 0 aliphatic rings. The standard InChI is InChI=1S/C13H13F3N4/c1-2-3-8-11(19-7-20-12(8)17)9-6-18-5-4-10(9)13(14,15)16/h4-7H,2-3H2,1H3,(H2,17,19,20). The average molecular weight is 282 g/mol. The highest BCUT2D eigenvalue weighted by Crippen LogP contribution is 2.37. The number of pyridine rings is 1. The van der Waals surface area contributed by atoms with E-state index < -0.39 is 11.7 Å². The van der Waals surface area contributed by atoms with Gasteiger partial charge in [0.05, 0.1) is 11.3 Å². The van der Waals surface area contributed by atoms with E-state index in [4.69, 9.17) is 5.73 Å². The zero-order valence-corrected chi connectivity index (χ0v) is 10.8. The lowest BCUT2D eigenvalue weighted by Crippen LogP contribution is -2.10. The first-order valence-corrected chi connectivity index (χ1v) is 6.06. The fourth-order valence-corrected chi connectivity index (χ4v) is 1.98. The third-order valence-corrected chi connectivity index (χ3v) is 2.86. The summed E-state index contributed by atoms with van der Waals surface area (Å²) in [5, 5.41) is 0. The molecular formula is C13H13F3N4. The highest BCUT2D eigenvalue weighted by molar-refractivity contribution is 5.70. The minimum absolute atomic E-state index is 0.0717. The van der Waals surface area contributed by atoms with Crippen LogP contribution in [0.25, 0.3) is 11.3 Å². The van der Waals surface area contributed by atoms with Crippen molar-refractivity contribution < 1.29 is 13.2 Å². The van der Waals surface area contributed by atoms with Crippen molar-refractivity contribution in [3.8, 4) is 11.3 Å². The zero-order valence-electron chi connectivity index (χ0n) is 10.8. The van der Waals surface area contributed by atoms with E-state index >= 15 is 0 Å². The van der Waals surface area contributed by atoms with E-state index in [-0.39, 0.29) is 17.1 Å². The molecule has 7 heteroatoms. The second kappa shape index (κ2) is 5.44. The monoisotopic (exact) mass is 282 g/mol. The largest absolute Gasteiger partial charge is 0.417 e. The summed E-state index contributed by atoms with van der Waals surface area (Å²) >= 11 is 0. The van der Waals surface area contributed by atoms with Gasteiger partial charge in [-0.2, -0.15) is 13.2 Å². The van der Waals surface area contributed by atoms with E-state index in [2.05, 4.69) is 15.0 Å². The molecule has 0 aliphatic carbocycles. The molecule has 0 amide bonds. The molecule has 4 nitrogen and oxygen atoms in total. The Morgan fingerprint density at radius 2 is 2.00 bits per heavy atom. The van der Waals surface area contributed by atoms with Crippen LogP contribution in [0.1, 0.15) is 24.5 Å². The van der Waals surface area contributed by atoms with Gasteiger partial charge in [0.1, 0.15) is 12.1 Å². The van der Waals surface area contributed by atoms with E-state index in [9.17, 15) is 13.2 Å². The first-order chi connectivity index (χ1) is 9.45. The molecule has 0 atom stereocenters. The van der Waals surface area contributed by atoms with E-state index in [0.29, 0.717) is 12.0 Å². The van der Waals surface area contributed by atoms with Gasteiger partial charge in [0.2, 0.25) is 0 Å². The van der Waals surface area contributed by atoms with Crippen LogP contribution in [-0.2, 0) is 12.6 Å². The second-order valence-electron chi connectivity index (χ2n) is 4.26. The van der Waals surface area contributed by atoms with Crippen LogP contribution >= 0.6 is 0 Å². The highest BCUT2D eigenvalue weighted by atomic mass is 19.4. The van der Waals surface area contributed by atoms with Crippen molar-refractivity contribution in [1.82, 2.24) is 15.0 Å². The third kappa shape index (κ3) is 2.71. The molecule has 0 aromatic carbocycles. The minimum Gasteiger partial charge on any atom is -0.383 e. The molecule has 0 bridgehead atoms. The molecule has 0 spiro atoms. The molecule has 0 aliphatic heterocycles. The lowest BCUT2D eigenvalue weighted by atomic mass is 10.00. The van der Waals surface area contributed by atoms with Gasteiger partial charge in [0, 0.05) is 23.5 Å². The maximum atomic E-state index is 13.0. The van der Waals surface area contributed by atoms with Gasteiger partial charge < -0.3 is 5.73 Å². The summed E-state index contributed by atoms with van der Waals surface area (Å²) in [6.45, 7) is 1.91. The van der Waals surface area contributed by atoms with Crippen LogP contribution in [0.2, 0.25) is 0 Å². The van der Waals surface area contributed by atoms with Gasteiger partial charge in [-0.3, -0.25) is 4.98 Å². The summed E-state index contributed by atoms with van der Waals surface area (Å²) in [5.41, 5.74) is 5.62. The number of nitrogens with two attached hydrogens (primary N) is 1. The van der Waals surface area contributed by atoms with Gasteiger partial charge in [-0.15, -0.1) is 0 Å². The molecule has 0 fully saturated rings. The Kier molecular flexibility index (Phi) is 3.87. The molecule has 2 heterocycles. The Balaban J connectivity index is 2.66. The van der Waals surface area contributed by atoms with E-state index in [1.54, 1.807) is 0 Å². The number of nitrogen functional groups attached to an aromatic ring is 1. The molecule has 2 aromatic rings. The fourth-order valence-electron chi connectivity index (χ4n) is 1.98. The van der Waals surface area contributed by atoms with E-state index in [1.807, 2.05) is 6.92 Å². The van der Waals surface area contributed by atoms with Gasteiger partial charge in [-0.05, 0) is 12.5 Å². The number of hydrogen-bond acceptors (Lipinski definition) is 4. The topological polar surface area (TPSA) is 64.7 Å². The number of rotatable bonds is 3. The SMILES string of the molecule is CCCc1c(N)ncnc1-c1cnccc1C(F)(F)F. The normalized spacial score (nSPS) is 11.6. The summed E-state index contributed by atoms with van der Waals surface area (Å²) in [4.78, 5) is 11.6. The molecular weight excluding hydrogens is 269 g/mol. The van der Waals surface area contributed by atoms with Crippen LogP contribution in [0.5, 0.6) is 0 Å². The highest BCUT2D eigenvalue weighted by Gasteiger charge is 2.34. The molecule has 106 valence electrons. The summed E-state index contributed by atoms with van der Waals surface area (Å²) in [6.07, 6.45) is 0.193. The van der Waals surface area contributed by atoms with Crippen LogP contribution in [-0.4, -0.2) is 15.0 Å². The molecule has 20 heavy (non-hydrogen) atoms. The Morgan fingerprint density at radius 1 is 1.25 bits per heavy atom. The molecule has 2 aromatic heterocycles. The molecule has 2 rings (SSSR count). The zero-order chi connectivity index (χ0) is 14.8. The van der Waals surface area contributed by atoms with E-state index in [0.717, 1.165) is 31.2 Å². The number of nitrogens with zero attached hydrogens (tertiary/aromatic N) is 3. The maximum Gasteiger partial charge on any atom is 0.417 e. The third-order valence-electron chi connectivity index (χ3n) is 2.86. The molecule has 2 N–H and O–H groups in total. The first kappa shape index (κ1) is 14.2. The van der Waals surface area contributed by atoms with Gasteiger partial charge in [-0.25, -0.2) is 9.97 Å². The predicted molar refractivity (Wildman–Crippen MR) is 68.7 cm³/mol. The number of alkyl halides is 3. The molecule has 0 radical (unpaired) electrons. The van der Waals surface area contributed by atoms with Crippen molar-refractivity contribution in [2.24, 2.45) is 0 Å². The number of anilines is 1. The number of hydrogen-bond donors (Lipinski definition) is 1. The fraction of sp³-hybridized carbons (Fsp3) is 0.308. The second-order valence-corrected chi connectivity index (χ2v) is 4.26. The van der Waals surface area contributed by atoms with Crippen LogP contribution < -0.4 is 5.73 Å². The Morgan fingerprint density at radius 3 is 2.65 bits per heavy atom. The van der Waals surface area contributed by atoms with Crippen molar-refractivity contribution in [3.63, 3.8) is 0 Å². The van der Waals surface area contributed by atoms with E-state index in [1.165, 1.54) is 0 Å². The van der Waals surface area contributed by atoms with Crippen LogP contribution in [0.15, 0.2) is 24.8 Å². The lowest BCUT2D eigenvalue weighted by molar-refractivity contribution is -0.137. The summed E-state index contributed by atoms with van der Waals surface area (Å²) in [7, 11) is 0. The predicted octanol–water partition coefficient (Wildman–Crippen LogP) is 3.09. The minimum atomic E-state index is -4.47. The van der Waals surface area contributed by atoms with Crippen molar-refractivity contribution >= 4 is 5.82 Å².